The van der Waals surface area contributed by atoms with Gasteiger partial charge in [0.1, 0.15) is 5.60 Å². The minimum Gasteiger partial charge on any atom is -0.444 e. The van der Waals surface area contributed by atoms with E-state index in [9.17, 15) is 9.59 Å². The van der Waals surface area contributed by atoms with Crippen molar-refractivity contribution in [2.45, 2.75) is 39.7 Å². The van der Waals surface area contributed by atoms with Crippen molar-refractivity contribution in [3.8, 4) is 0 Å². The number of hydrogen-bond acceptors (Lipinski definition) is 3. The molecule has 0 aliphatic carbocycles. The van der Waals surface area contributed by atoms with Gasteiger partial charge in [-0.05, 0) is 33.3 Å². The molecule has 5 nitrogen and oxygen atoms in total. The highest BCUT2D eigenvalue weighted by Gasteiger charge is 2.15. The van der Waals surface area contributed by atoms with Crippen molar-refractivity contribution in [1.29, 1.82) is 0 Å². The molecular weight excluding hydrogens is 268 g/mol. The number of amides is 2. The number of carbonyl (C=O) groups is 2. The summed E-state index contributed by atoms with van der Waals surface area (Å²) in [6.45, 7) is 8.12. The van der Waals surface area contributed by atoms with Gasteiger partial charge in [-0.25, -0.2) is 4.79 Å². The Labute approximate surface area is 126 Å². The lowest BCUT2D eigenvalue weighted by Gasteiger charge is -2.19. The molecule has 1 rings (SSSR count). The lowest BCUT2D eigenvalue weighted by Crippen LogP contribution is -2.38. The molecule has 0 aliphatic rings. The monoisotopic (exact) mass is 292 g/mol. The van der Waals surface area contributed by atoms with Crippen molar-refractivity contribution >= 4 is 12.0 Å². The highest BCUT2D eigenvalue weighted by Crippen LogP contribution is 2.06. The molecular formula is C16H24N2O3. The number of alkyl carbamates (subject to hydrolysis) is 1. The van der Waals surface area contributed by atoms with Gasteiger partial charge in [0, 0.05) is 13.1 Å². The van der Waals surface area contributed by atoms with Gasteiger partial charge >= 0.3 is 6.09 Å². The maximum atomic E-state index is 11.7. The Morgan fingerprint density at radius 2 is 1.81 bits per heavy atom. The summed E-state index contributed by atoms with van der Waals surface area (Å²) in [5, 5.41) is 5.35. The van der Waals surface area contributed by atoms with Gasteiger partial charge in [0.2, 0.25) is 5.91 Å². The smallest absolute Gasteiger partial charge is 0.407 e. The topological polar surface area (TPSA) is 67.4 Å². The molecule has 0 atom stereocenters. The normalized spacial score (nSPS) is 10.9. The van der Waals surface area contributed by atoms with E-state index in [1.54, 1.807) is 20.8 Å². The third-order valence-electron chi connectivity index (χ3n) is 2.56. The van der Waals surface area contributed by atoms with E-state index in [1.807, 2.05) is 31.2 Å². The molecule has 0 saturated carbocycles. The largest absolute Gasteiger partial charge is 0.444 e. The van der Waals surface area contributed by atoms with Crippen LogP contribution < -0.4 is 10.6 Å². The van der Waals surface area contributed by atoms with Crippen LogP contribution in [0, 0.1) is 6.92 Å². The molecule has 116 valence electrons. The standard InChI is InChI=1S/C16H24N2O3/c1-12-6-5-7-13(10-12)11-14(19)17-8-9-18-15(20)21-16(2,3)4/h5-7,10H,8-9,11H2,1-4H3,(H,17,19)(H,18,20). The van der Waals surface area contributed by atoms with Crippen molar-refractivity contribution in [2.24, 2.45) is 0 Å². The fourth-order valence-electron chi connectivity index (χ4n) is 1.75. The van der Waals surface area contributed by atoms with Gasteiger partial charge in [-0.2, -0.15) is 0 Å². The fourth-order valence-corrected chi connectivity index (χ4v) is 1.75. The van der Waals surface area contributed by atoms with Crippen LogP contribution >= 0.6 is 0 Å². The number of carbonyl (C=O) groups excluding carboxylic acids is 2. The number of hydrogen-bond donors (Lipinski definition) is 2. The van der Waals surface area contributed by atoms with E-state index in [-0.39, 0.29) is 5.91 Å². The third-order valence-corrected chi connectivity index (χ3v) is 2.56. The molecule has 2 N–H and O–H groups in total. The Kier molecular flexibility index (Phi) is 6.21. The van der Waals surface area contributed by atoms with Crippen molar-refractivity contribution in [3.63, 3.8) is 0 Å². The molecule has 0 fully saturated rings. The minimum absolute atomic E-state index is 0.0633. The van der Waals surface area contributed by atoms with E-state index in [0.29, 0.717) is 19.5 Å². The van der Waals surface area contributed by atoms with Crippen molar-refractivity contribution in [3.05, 3.63) is 35.4 Å². The lowest BCUT2D eigenvalue weighted by molar-refractivity contribution is -0.120. The van der Waals surface area contributed by atoms with Gasteiger partial charge in [-0.1, -0.05) is 29.8 Å². The molecule has 1 aromatic carbocycles. The van der Waals surface area contributed by atoms with E-state index >= 15 is 0 Å². The first-order valence-corrected chi connectivity index (χ1v) is 7.05. The fraction of sp³-hybridized carbons (Fsp3) is 0.500. The molecule has 2 amide bonds. The molecule has 0 unspecified atom stereocenters. The Hall–Kier alpha value is -2.04. The van der Waals surface area contributed by atoms with Crippen LogP contribution in [0.3, 0.4) is 0 Å². The second kappa shape index (κ2) is 7.67. The Bertz CT molecular complexity index is 493. The van der Waals surface area contributed by atoms with Crippen molar-refractivity contribution in [1.82, 2.24) is 10.6 Å². The molecule has 0 radical (unpaired) electrons. The number of nitrogens with one attached hydrogen (secondary N) is 2. The number of benzene rings is 1. The first-order chi connectivity index (χ1) is 9.76. The van der Waals surface area contributed by atoms with Crippen LogP contribution in [0.1, 0.15) is 31.9 Å². The van der Waals surface area contributed by atoms with Crippen LogP contribution in [0.2, 0.25) is 0 Å². The Morgan fingerprint density at radius 1 is 1.14 bits per heavy atom. The van der Waals surface area contributed by atoms with E-state index < -0.39 is 11.7 Å². The number of ether oxygens (including phenoxy) is 1. The van der Waals surface area contributed by atoms with Gasteiger partial charge in [0.25, 0.3) is 0 Å². The second-order valence-electron chi connectivity index (χ2n) is 5.94. The van der Waals surface area contributed by atoms with Gasteiger partial charge in [0.15, 0.2) is 0 Å². The van der Waals surface area contributed by atoms with Crippen LogP contribution in [0.15, 0.2) is 24.3 Å². The number of rotatable bonds is 5. The lowest BCUT2D eigenvalue weighted by atomic mass is 10.1. The van der Waals surface area contributed by atoms with Crippen LogP contribution in [0.4, 0.5) is 4.79 Å². The van der Waals surface area contributed by atoms with E-state index in [0.717, 1.165) is 11.1 Å². The Morgan fingerprint density at radius 3 is 2.43 bits per heavy atom. The predicted octanol–water partition coefficient (Wildman–Crippen LogP) is 2.18. The highest BCUT2D eigenvalue weighted by atomic mass is 16.6. The molecule has 0 spiro atoms. The molecule has 21 heavy (non-hydrogen) atoms. The molecule has 0 aromatic heterocycles. The first-order valence-electron chi connectivity index (χ1n) is 7.05. The highest BCUT2D eigenvalue weighted by molar-refractivity contribution is 5.78. The average molecular weight is 292 g/mol. The van der Waals surface area contributed by atoms with Crippen LogP contribution in [-0.4, -0.2) is 30.7 Å². The predicted molar refractivity (Wildman–Crippen MR) is 82.1 cm³/mol. The molecule has 0 aliphatic heterocycles. The zero-order chi connectivity index (χ0) is 15.9. The van der Waals surface area contributed by atoms with Gasteiger partial charge in [-0.15, -0.1) is 0 Å². The first kappa shape index (κ1) is 17.0. The zero-order valence-electron chi connectivity index (χ0n) is 13.2. The summed E-state index contributed by atoms with van der Waals surface area (Å²) >= 11 is 0. The molecule has 0 heterocycles. The second-order valence-corrected chi connectivity index (χ2v) is 5.94. The summed E-state index contributed by atoms with van der Waals surface area (Å²) in [5.41, 5.74) is 1.60. The minimum atomic E-state index is -0.515. The van der Waals surface area contributed by atoms with Crippen molar-refractivity contribution < 1.29 is 14.3 Å². The zero-order valence-corrected chi connectivity index (χ0v) is 13.2. The van der Waals surface area contributed by atoms with Crippen LogP contribution in [0.5, 0.6) is 0 Å². The molecule has 5 heteroatoms. The Balaban J connectivity index is 2.21. The summed E-state index contributed by atoms with van der Waals surface area (Å²) in [4.78, 5) is 23.1. The maximum absolute atomic E-state index is 11.7. The van der Waals surface area contributed by atoms with Crippen LogP contribution in [0.25, 0.3) is 0 Å². The number of aryl methyl sites for hydroxylation is 1. The molecule has 0 bridgehead atoms. The maximum Gasteiger partial charge on any atom is 0.407 e. The average Bonchev–Trinajstić information content (AvgIpc) is 2.32. The van der Waals surface area contributed by atoms with Crippen molar-refractivity contribution in [2.75, 3.05) is 13.1 Å². The van der Waals surface area contributed by atoms with E-state index in [1.165, 1.54) is 0 Å². The summed E-state index contributed by atoms with van der Waals surface area (Å²) in [6, 6.07) is 7.83. The summed E-state index contributed by atoms with van der Waals surface area (Å²) in [6.07, 6.45) is -0.135. The van der Waals surface area contributed by atoms with Crippen LogP contribution in [-0.2, 0) is 16.0 Å². The summed E-state index contributed by atoms with van der Waals surface area (Å²) < 4.78 is 5.09. The quantitative estimate of drug-likeness (QED) is 0.817. The van der Waals surface area contributed by atoms with E-state index in [2.05, 4.69) is 10.6 Å². The van der Waals surface area contributed by atoms with Gasteiger partial charge < -0.3 is 15.4 Å². The van der Waals surface area contributed by atoms with Gasteiger partial charge in [0.05, 0.1) is 6.42 Å². The summed E-state index contributed by atoms with van der Waals surface area (Å²) in [5.74, 6) is -0.0633. The SMILES string of the molecule is Cc1cccc(CC(=O)NCCNC(=O)OC(C)(C)C)c1. The van der Waals surface area contributed by atoms with Gasteiger partial charge in [-0.3, -0.25) is 4.79 Å². The third kappa shape index (κ3) is 7.97. The molecule has 1 aromatic rings. The van der Waals surface area contributed by atoms with E-state index in [4.69, 9.17) is 4.74 Å². The molecule has 0 saturated heterocycles. The summed E-state index contributed by atoms with van der Waals surface area (Å²) in [7, 11) is 0.